The minimum Gasteiger partial charge on any atom is -0.369 e. The summed E-state index contributed by atoms with van der Waals surface area (Å²) in [6, 6.07) is 9.88. The van der Waals surface area contributed by atoms with Crippen LogP contribution in [-0.4, -0.2) is 68.2 Å². The quantitative estimate of drug-likeness (QED) is 0.702. The van der Waals surface area contributed by atoms with E-state index in [4.69, 9.17) is 0 Å². The molecule has 1 saturated heterocycles. The molecule has 0 aliphatic carbocycles. The number of benzene rings is 1. The summed E-state index contributed by atoms with van der Waals surface area (Å²) in [5.41, 5.74) is 2.79. The van der Waals surface area contributed by atoms with Crippen molar-refractivity contribution in [2.45, 2.75) is 40.3 Å². The summed E-state index contributed by atoms with van der Waals surface area (Å²) in [4.78, 5) is 7.58. The van der Waals surface area contributed by atoms with Crippen molar-refractivity contribution in [3.05, 3.63) is 29.8 Å². The van der Waals surface area contributed by atoms with Crippen molar-refractivity contribution < 1.29 is 0 Å². The van der Waals surface area contributed by atoms with Gasteiger partial charge in [-0.15, -0.1) is 0 Å². The highest BCUT2D eigenvalue weighted by Crippen LogP contribution is 2.18. The number of hydrogen-bond acceptors (Lipinski definition) is 4. The Labute approximate surface area is 148 Å². The van der Waals surface area contributed by atoms with Crippen LogP contribution in [0.5, 0.6) is 0 Å². The molecule has 1 heterocycles. The number of anilines is 1. The van der Waals surface area contributed by atoms with Gasteiger partial charge in [-0.2, -0.15) is 0 Å². The molecular formula is C20H36N4. The molecule has 2 rings (SSSR count). The molecule has 0 saturated carbocycles. The Morgan fingerprint density at radius 1 is 1.04 bits per heavy atom. The lowest BCUT2D eigenvalue weighted by atomic mass is 10.1. The van der Waals surface area contributed by atoms with Gasteiger partial charge in [-0.25, -0.2) is 0 Å². The summed E-state index contributed by atoms with van der Waals surface area (Å²) in [5.74, 6) is 0. The molecule has 4 heteroatoms. The van der Waals surface area contributed by atoms with Gasteiger partial charge in [-0.1, -0.05) is 26.0 Å². The first kappa shape index (κ1) is 19.2. The maximum atomic E-state index is 3.41. The highest BCUT2D eigenvalue weighted by atomic mass is 15.3. The van der Waals surface area contributed by atoms with Gasteiger partial charge in [0.2, 0.25) is 0 Å². The van der Waals surface area contributed by atoms with Crippen LogP contribution in [0.1, 0.15) is 33.3 Å². The zero-order chi connectivity index (χ0) is 17.4. The van der Waals surface area contributed by atoms with E-state index in [1.165, 1.54) is 24.3 Å². The SMILES string of the molecule is CCNCCN(CC)Cc1ccc(N2CCN(C(C)C)CC2)cc1. The van der Waals surface area contributed by atoms with Crippen molar-refractivity contribution in [2.24, 2.45) is 0 Å². The minimum absolute atomic E-state index is 0.664. The van der Waals surface area contributed by atoms with Crippen LogP contribution in [-0.2, 0) is 6.54 Å². The van der Waals surface area contributed by atoms with Gasteiger partial charge in [0.05, 0.1) is 0 Å². The number of nitrogens with one attached hydrogen (secondary N) is 1. The molecule has 4 nitrogen and oxygen atoms in total. The number of piperazine rings is 1. The third-order valence-electron chi connectivity index (χ3n) is 5.05. The molecule has 1 aromatic rings. The van der Waals surface area contributed by atoms with E-state index in [0.717, 1.165) is 45.8 Å². The highest BCUT2D eigenvalue weighted by Gasteiger charge is 2.18. The Kier molecular flexibility index (Phi) is 8.03. The Hall–Kier alpha value is -1.10. The second-order valence-electron chi connectivity index (χ2n) is 7.01. The lowest BCUT2D eigenvalue weighted by Crippen LogP contribution is -2.48. The molecule has 0 bridgehead atoms. The lowest BCUT2D eigenvalue weighted by molar-refractivity contribution is 0.209. The van der Waals surface area contributed by atoms with Crippen LogP contribution < -0.4 is 10.2 Å². The number of likely N-dealkylation sites (N-methyl/N-ethyl adjacent to an activating group) is 2. The maximum absolute atomic E-state index is 3.41. The molecule has 0 radical (unpaired) electrons. The van der Waals surface area contributed by atoms with E-state index in [2.05, 4.69) is 72.0 Å². The molecule has 1 N–H and O–H groups in total. The molecule has 0 amide bonds. The van der Waals surface area contributed by atoms with Crippen LogP contribution in [0.25, 0.3) is 0 Å². The van der Waals surface area contributed by atoms with Crippen LogP contribution in [0.3, 0.4) is 0 Å². The molecule has 1 aliphatic heterocycles. The van der Waals surface area contributed by atoms with Crippen LogP contribution in [0.15, 0.2) is 24.3 Å². The first-order valence-corrected chi connectivity index (χ1v) is 9.65. The van der Waals surface area contributed by atoms with E-state index in [1.807, 2.05) is 0 Å². The zero-order valence-electron chi connectivity index (χ0n) is 16.1. The minimum atomic E-state index is 0.664. The zero-order valence-corrected chi connectivity index (χ0v) is 16.1. The third-order valence-corrected chi connectivity index (χ3v) is 5.05. The maximum Gasteiger partial charge on any atom is 0.0367 e. The fourth-order valence-corrected chi connectivity index (χ4v) is 3.33. The second kappa shape index (κ2) is 10.0. The van der Waals surface area contributed by atoms with Crippen LogP contribution in [0.2, 0.25) is 0 Å². The molecule has 1 aliphatic rings. The molecule has 136 valence electrons. The lowest BCUT2D eigenvalue weighted by Gasteiger charge is -2.38. The van der Waals surface area contributed by atoms with Gasteiger partial charge in [-0.3, -0.25) is 9.80 Å². The van der Waals surface area contributed by atoms with Crippen molar-refractivity contribution in [3.63, 3.8) is 0 Å². The van der Waals surface area contributed by atoms with Gasteiger partial charge in [0.15, 0.2) is 0 Å². The van der Waals surface area contributed by atoms with Gasteiger partial charge < -0.3 is 10.2 Å². The molecule has 1 fully saturated rings. The summed E-state index contributed by atoms with van der Waals surface area (Å²) in [6.07, 6.45) is 0. The van der Waals surface area contributed by atoms with Crippen LogP contribution in [0.4, 0.5) is 5.69 Å². The summed E-state index contributed by atoms with van der Waals surface area (Å²) < 4.78 is 0. The Morgan fingerprint density at radius 3 is 2.25 bits per heavy atom. The van der Waals surface area contributed by atoms with E-state index in [1.54, 1.807) is 0 Å². The van der Waals surface area contributed by atoms with E-state index in [9.17, 15) is 0 Å². The third kappa shape index (κ3) is 5.76. The van der Waals surface area contributed by atoms with E-state index in [-0.39, 0.29) is 0 Å². The van der Waals surface area contributed by atoms with Crippen LogP contribution >= 0.6 is 0 Å². The largest absolute Gasteiger partial charge is 0.369 e. The molecular weight excluding hydrogens is 296 g/mol. The van der Waals surface area contributed by atoms with Crippen molar-refractivity contribution in [1.82, 2.24) is 15.1 Å². The van der Waals surface area contributed by atoms with E-state index >= 15 is 0 Å². The summed E-state index contributed by atoms with van der Waals surface area (Å²) >= 11 is 0. The standard InChI is InChI=1S/C20H36N4/c1-5-21-11-12-22(6-2)17-19-7-9-20(10-8-19)24-15-13-23(14-16-24)18(3)4/h7-10,18,21H,5-6,11-17H2,1-4H3. The average Bonchev–Trinajstić information content (AvgIpc) is 2.61. The number of rotatable bonds is 9. The Morgan fingerprint density at radius 2 is 1.71 bits per heavy atom. The molecule has 0 atom stereocenters. The van der Waals surface area contributed by atoms with Gasteiger partial charge in [0, 0.05) is 57.5 Å². The first-order valence-electron chi connectivity index (χ1n) is 9.65. The molecule has 1 aromatic carbocycles. The Balaban J connectivity index is 1.84. The van der Waals surface area contributed by atoms with Gasteiger partial charge in [0.1, 0.15) is 0 Å². The fraction of sp³-hybridized carbons (Fsp3) is 0.700. The summed E-state index contributed by atoms with van der Waals surface area (Å²) in [7, 11) is 0. The monoisotopic (exact) mass is 332 g/mol. The van der Waals surface area contributed by atoms with Crippen molar-refractivity contribution in [3.8, 4) is 0 Å². The summed E-state index contributed by atoms with van der Waals surface area (Å²) in [5, 5.41) is 3.41. The smallest absolute Gasteiger partial charge is 0.0367 e. The highest BCUT2D eigenvalue weighted by molar-refractivity contribution is 5.48. The predicted octanol–water partition coefficient (Wildman–Crippen LogP) is 2.65. The average molecular weight is 333 g/mol. The molecule has 24 heavy (non-hydrogen) atoms. The number of hydrogen-bond donors (Lipinski definition) is 1. The fourth-order valence-electron chi connectivity index (χ4n) is 3.33. The van der Waals surface area contributed by atoms with Gasteiger partial charge in [-0.05, 0) is 44.6 Å². The Bertz CT molecular complexity index is 449. The molecule has 0 unspecified atom stereocenters. The van der Waals surface area contributed by atoms with Gasteiger partial charge >= 0.3 is 0 Å². The molecule has 0 aromatic heterocycles. The first-order chi connectivity index (χ1) is 11.6. The number of nitrogens with zero attached hydrogens (tertiary/aromatic N) is 3. The summed E-state index contributed by atoms with van der Waals surface area (Å²) in [6.45, 7) is 19.0. The van der Waals surface area contributed by atoms with Crippen molar-refractivity contribution >= 4 is 5.69 Å². The van der Waals surface area contributed by atoms with Crippen molar-refractivity contribution in [2.75, 3.05) is 57.3 Å². The predicted molar refractivity (Wildman–Crippen MR) is 105 cm³/mol. The van der Waals surface area contributed by atoms with Crippen LogP contribution in [0, 0.1) is 0 Å². The topological polar surface area (TPSA) is 21.8 Å². The second-order valence-corrected chi connectivity index (χ2v) is 7.01. The normalized spacial score (nSPS) is 16.3. The van der Waals surface area contributed by atoms with Gasteiger partial charge in [0.25, 0.3) is 0 Å². The molecule has 0 spiro atoms. The van der Waals surface area contributed by atoms with E-state index in [0.29, 0.717) is 6.04 Å². The van der Waals surface area contributed by atoms with E-state index < -0.39 is 0 Å². The van der Waals surface area contributed by atoms with Crippen molar-refractivity contribution in [1.29, 1.82) is 0 Å².